The average Bonchev–Trinajstić information content (AvgIpc) is 2.91. The number of hydrogen-bond acceptors (Lipinski definition) is 3. The van der Waals surface area contributed by atoms with Crippen molar-refractivity contribution >= 4 is 11.6 Å². The maximum absolute atomic E-state index is 13.8. The Labute approximate surface area is 169 Å². The van der Waals surface area contributed by atoms with Gasteiger partial charge in [-0.2, -0.15) is 0 Å². The van der Waals surface area contributed by atoms with Gasteiger partial charge in [0.05, 0.1) is 6.54 Å². The molecular weight excluding hydrogens is 379 g/mol. The molecule has 0 bridgehead atoms. The van der Waals surface area contributed by atoms with E-state index < -0.39 is 11.6 Å². The van der Waals surface area contributed by atoms with E-state index >= 15 is 0 Å². The first-order valence-corrected chi connectivity index (χ1v) is 9.87. The summed E-state index contributed by atoms with van der Waals surface area (Å²) < 4.78 is 40.7. The Balaban J connectivity index is 1.48. The van der Waals surface area contributed by atoms with Gasteiger partial charge in [-0.05, 0) is 56.2 Å². The standard InChI is InChI=1S/C22H26F3N3O/c1-16(14-19-20(24)4-2-5-21(19)25)26-22(29)15-27-10-3-11-28(13-12-27)18-8-6-17(23)7-9-18/h2,4-9,16H,3,10-15H2,1H3,(H,26,29). The third-order valence-electron chi connectivity index (χ3n) is 5.13. The van der Waals surface area contributed by atoms with Crippen molar-refractivity contribution < 1.29 is 18.0 Å². The van der Waals surface area contributed by atoms with Crippen LogP contribution in [0.5, 0.6) is 0 Å². The fraction of sp³-hybridized carbons (Fsp3) is 0.409. The van der Waals surface area contributed by atoms with Crippen LogP contribution in [0.25, 0.3) is 0 Å². The molecule has 3 rings (SSSR count). The minimum absolute atomic E-state index is 0.00925. The van der Waals surface area contributed by atoms with Crippen molar-refractivity contribution in [1.82, 2.24) is 10.2 Å². The predicted octanol–water partition coefficient (Wildman–Crippen LogP) is 3.36. The van der Waals surface area contributed by atoms with Crippen LogP contribution in [-0.4, -0.2) is 49.6 Å². The van der Waals surface area contributed by atoms with Crippen LogP contribution in [-0.2, 0) is 11.2 Å². The van der Waals surface area contributed by atoms with Crippen LogP contribution in [0.15, 0.2) is 42.5 Å². The van der Waals surface area contributed by atoms with Crippen molar-refractivity contribution in [3.05, 3.63) is 65.5 Å². The third-order valence-corrected chi connectivity index (χ3v) is 5.13. The van der Waals surface area contributed by atoms with Crippen LogP contribution in [0.1, 0.15) is 18.9 Å². The van der Waals surface area contributed by atoms with E-state index in [2.05, 4.69) is 15.1 Å². The van der Waals surface area contributed by atoms with Crippen molar-refractivity contribution in [3.63, 3.8) is 0 Å². The lowest BCUT2D eigenvalue weighted by Gasteiger charge is -2.24. The second kappa shape index (κ2) is 9.78. The van der Waals surface area contributed by atoms with Gasteiger partial charge in [-0.15, -0.1) is 0 Å². The van der Waals surface area contributed by atoms with Crippen LogP contribution < -0.4 is 10.2 Å². The van der Waals surface area contributed by atoms with E-state index in [1.165, 1.54) is 30.3 Å². The van der Waals surface area contributed by atoms with Crippen LogP contribution in [0.4, 0.5) is 18.9 Å². The molecule has 4 nitrogen and oxygen atoms in total. The number of benzene rings is 2. The van der Waals surface area contributed by atoms with E-state index in [-0.39, 0.29) is 36.3 Å². The van der Waals surface area contributed by atoms with Crippen LogP contribution >= 0.6 is 0 Å². The van der Waals surface area contributed by atoms with E-state index in [0.717, 1.165) is 31.7 Å². The number of rotatable bonds is 6. The Kier molecular flexibility index (Phi) is 7.14. The molecular formula is C22H26F3N3O. The van der Waals surface area contributed by atoms with E-state index in [1.54, 1.807) is 19.1 Å². The number of hydrogen-bond donors (Lipinski definition) is 1. The molecule has 1 N–H and O–H groups in total. The van der Waals surface area contributed by atoms with Gasteiger partial charge >= 0.3 is 0 Å². The zero-order chi connectivity index (χ0) is 20.8. The Hall–Kier alpha value is -2.54. The van der Waals surface area contributed by atoms with Crippen LogP contribution in [0.3, 0.4) is 0 Å². The van der Waals surface area contributed by atoms with Gasteiger partial charge in [-0.3, -0.25) is 9.69 Å². The van der Waals surface area contributed by atoms with E-state index in [1.807, 2.05) is 0 Å². The van der Waals surface area contributed by atoms with Gasteiger partial charge in [-0.1, -0.05) is 6.07 Å². The molecule has 156 valence electrons. The van der Waals surface area contributed by atoms with Gasteiger partial charge in [0.1, 0.15) is 17.5 Å². The summed E-state index contributed by atoms with van der Waals surface area (Å²) in [6.45, 7) is 5.05. The Morgan fingerprint density at radius 2 is 1.69 bits per heavy atom. The summed E-state index contributed by atoms with van der Waals surface area (Å²) >= 11 is 0. The van der Waals surface area contributed by atoms with E-state index in [0.29, 0.717) is 6.54 Å². The molecule has 29 heavy (non-hydrogen) atoms. The quantitative estimate of drug-likeness (QED) is 0.801. The summed E-state index contributed by atoms with van der Waals surface area (Å²) in [5, 5.41) is 2.83. The summed E-state index contributed by atoms with van der Waals surface area (Å²) in [4.78, 5) is 16.6. The maximum Gasteiger partial charge on any atom is 0.234 e. The summed E-state index contributed by atoms with van der Waals surface area (Å²) in [6.07, 6.45) is 0.989. The lowest BCUT2D eigenvalue weighted by Crippen LogP contribution is -2.43. The first-order chi connectivity index (χ1) is 13.9. The van der Waals surface area contributed by atoms with Crippen LogP contribution in [0.2, 0.25) is 0 Å². The molecule has 7 heteroatoms. The fourth-order valence-electron chi connectivity index (χ4n) is 3.65. The summed E-state index contributed by atoms with van der Waals surface area (Å²) in [5.41, 5.74) is 0.961. The maximum atomic E-state index is 13.8. The summed E-state index contributed by atoms with van der Waals surface area (Å²) in [6, 6.07) is 9.82. The Morgan fingerprint density at radius 1 is 1.00 bits per heavy atom. The van der Waals surface area contributed by atoms with Crippen LogP contribution in [0, 0.1) is 17.5 Å². The molecule has 1 atom stereocenters. The first kappa shape index (κ1) is 21.2. The van der Waals surface area contributed by atoms with Crippen molar-refractivity contribution in [3.8, 4) is 0 Å². The SMILES string of the molecule is CC(Cc1c(F)cccc1F)NC(=O)CN1CCCN(c2ccc(F)cc2)CC1. The number of amides is 1. The number of nitrogens with zero attached hydrogens (tertiary/aromatic N) is 2. The smallest absolute Gasteiger partial charge is 0.234 e. The topological polar surface area (TPSA) is 35.6 Å². The first-order valence-electron chi connectivity index (χ1n) is 9.87. The second-order valence-corrected chi connectivity index (χ2v) is 7.47. The minimum atomic E-state index is -0.598. The van der Waals surface area contributed by atoms with Crippen molar-refractivity contribution in [2.24, 2.45) is 0 Å². The highest BCUT2D eigenvalue weighted by atomic mass is 19.1. The highest BCUT2D eigenvalue weighted by Gasteiger charge is 2.19. The highest BCUT2D eigenvalue weighted by Crippen LogP contribution is 2.17. The zero-order valence-corrected chi connectivity index (χ0v) is 16.5. The molecule has 1 heterocycles. The van der Waals surface area contributed by atoms with Crippen molar-refractivity contribution in [1.29, 1.82) is 0 Å². The van der Waals surface area contributed by atoms with E-state index in [4.69, 9.17) is 0 Å². The lowest BCUT2D eigenvalue weighted by molar-refractivity contribution is -0.122. The molecule has 2 aromatic carbocycles. The molecule has 0 aromatic heterocycles. The third kappa shape index (κ3) is 5.97. The fourth-order valence-corrected chi connectivity index (χ4v) is 3.65. The number of carbonyl (C=O) groups excluding carboxylic acids is 1. The van der Waals surface area contributed by atoms with Gasteiger partial charge in [0, 0.05) is 43.5 Å². The monoisotopic (exact) mass is 405 g/mol. The van der Waals surface area contributed by atoms with Crippen molar-refractivity contribution in [2.75, 3.05) is 37.6 Å². The summed E-state index contributed by atoms with van der Waals surface area (Å²) in [7, 11) is 0. The normalized spacial score (nSPS) is 16.3. The highest BCUT2D eigenvalue weighted by molar-refractivity contribution is 5.78. The molecule has 1 fully saturated rings. The molecule has 0 spiro atoms. The van der Waals surface area contributed by atoms with Crippen molar-refractivity contribution in [2.45, 2.75) is 25.8 Å². The second-order valence-electron chi connectivity index (χ2n) is 7.47. The molecule has 0 saturated carbocycles. The van der Waals surface area contributed by atoms with Gasteiger partial charge in [0.25, 0.3) is 0 Å². The molecule has 1 aliphatic heterocycles. The molecule has 1 saturated heterocycles. The number of anilines is 1. The average molecular weight is 405 g/mol. The molecule has 1 aliphatic rings. The van der Waals surface area contributed by atoms with Gasteiger partial charge < -0.3 is 10.2 Å². The zero-order valence-electron chi connectivity index (χ0n) is 16.5. The molecule has 0 aliphatic carbocycles. The van der Waals surface area contributed by atoms with E-state index in [9.17, 15) is 18.0 Å². The Morgan fingerprint density at radius 3 is 2.38 bits per heavy atom. The molecule has 2 aromatic rings. The number of halogens is 3. The predicted molar refractivity (Wildman–Crippen MR) is 107 cm³/mol. The molecule has 1 amide bonds. The lowest BCUT2D eigenvalue weighted by atomic mass is 10.1. The largest absolute Gasteiger partial charge is 0.370 e. The number of carbonyl (C=O) groups is 1. The molecule has 1 unspecified atom stereocenters. The molecule has 0 radical (unpaired) electrons. The Bertz CT molecular complexity index is 808. The minimum Gasteiger partial charge on any atom is -0.370 e. The van der Waals surface area contributed by atoms with Gasteiger partial charge in [-0.25, -0.2) is 13.2 Å². The van der Waals surface area contributed by atoms with Gasteiger partial charge in [0.15, 0.2) is 0 Å². The summed E-state index contributed by atoms with van der Waals surface area (Å²) in [5.74, 6) is -1.62. The van der Waals surface area contributed by atoms with Gasteiger partial charge in [0.2, 0.25) is 5.91 Å². The number of nitrogens with one attached hydrogen (secondary N) is 1.